The minimum absolute atomic E-state index is 0.136. The van der Waals surface area contributed by atoms with Crippen molar-refractivity contribution in [2.75, 3.05) is 26.6 Å². The highest BCUT2D eigenvalue weighted by molar-refractivity contribution is 6.01. The number of hydrogen-bond donors (Lipinski definition) is 1. The molecule has 0 fully saturated rings. The monoisotopic (exact) mass is 370 g/mol. The summed E-state index contributed by atoms with van der Waals surface area (Å²) in [5, 5.41) is 7.39. The molecule has 0 amide bonds. The van der Waals surface area contributed by atoms with E-state index in [0.29, 0.717) is 29.6 Å². The van der Waals surface area contributed by atoms with Crippen molar-refractivity contribution < 1.29 is 23.5 Å². The van der Waals surface area contributed by atoms with Gasteiger partial charge in [-0.25, -0.2) is 0 Å². The Hall–Kier alpha value is -2.96. The molecule has 27 heavy (non-hydrogen) atoms. The number of benzene rings is 1. The predicted octanol–water partition coefficient (Wildman–Crippen LogP) is 3.57. The molecule has 0 bridgehead atoms. The quantitative estimate of drug-likeness (QED) is 0.881. The number of Topliss-reactive ketones (excluding diaryl/α,β-unsaturated/α-hetero) is 1. The summed E-state index contributed by atoms with van der Waals surface area (Å²) >= 11 is 0. The van der Waals surface area contributed by atoms with E-state index >= 15 is 0 Å². The minimum Gasteiger partial charge on any atom is -0.496 e. The third kappa shape index (κ3) is 2.65. The van der Waals surface area contributed by atoms with Crippen LogP contribution in [0.15, 0.2) is 27.9 Å². The topological polar surface area (TPSA) is 82.8 Å². The number of aryl methyl sites for hydroxylation is 1. The molecule has 4 rings (SSSR count). The lowest BCUT2D eigenvalue weighted by Gasteiger charge is -2.32. The second-order valence-electron chi connectivity index (χ2n) is 6.69. The zero-order valence-electron chi connectivity index (χ0n) is 15.8. The highest BCUT2D eigenvalue weighted by Crippen LogP contribution is 2.50. The Morgan fingerprint density at radius 3 is 2.48 bits per heavy atom. The van der Waals surface area contributed by atoms with Crippen molar-refractivity contribution in [1.29, 1.82) is 0 Å². The molecule has 1 aromatic carbocycles. The second kappa shape index (κ2) is 6.64. The Balaban J connectivity index is 1.99. The molecule has 0 radical (unpaired) electrons. The van der Waals surface area contributed by atoms with Crippen LogP contribution in [0.1, 0.15) is 42.0 Å². The van der Waals surface area contributed by atoms with Gasteiger partial charge < -0.3 is 24.1 Å². The molecule has 2 aromatic rings. The van der Waals surface area contributed by atoms with Crippen LogP contribution >= 0.6 is 0 Å². The Kier molecular flexibility index (Phi) is 4.30. The molecule has 0 spiro atoms. The number of carbonyl (C=O) groups is 1. The summed E-state index contributed by atoms with van der Waals surface area (Å²) in [7, 11) is 4.77. The van der Waals surface area contributed by atoms with Crippen LogP contribution in [0, 0.1) is 6.92 Å². The molecule has 1 N–H and O–H groups in total. The van der Waals surface area contributed by atoms with Gasteiger partial charge in [0.1, 0.15) is 5.75 Å². The van der Waals surface area contributed by atoms with E-state index in [0.717, 1.165) is 40.9 Å². The molecule has 7 nitrogen and oxygen atoms in total. The molecule has 0 saturated carbocycles. The summed E-state index contributed by atoms with van der Waals surface area (Å²) in [5.74, 6) is 2.16. The minimum atomic E-state index is -0.329. The first-order chi connectivity index (χ1) is 13.1. The molecule has 1 unspecified atom stereocenters. The number of anilines is 1. The number of ketones is 1. The Morgan fingerprint density at radius 1 is 1.07 bits per heavy atom. The predicted molar refractivity (Wildman–Crippen MR) is 98.7 cm³/mol. The van der Waals surface area contributed by atoms with Crippen molar-refractivity contribution in [3.8, 4) is 17.2 Å². The van der Waals surface area contributed by atoms with E-state index in [2.05, 4.69) is 10.5 Å². The fourth-order valence-electron chi connectivity index (χ4n) is 4.01. The summed E-state index contributed by atoms with van der Waals surface area (Å²) in [6.07, 6.45) is 2.15. The van der Waals surface area contributed by atoms with E-state index in [1.165, 1.54) is 0 Å². The van der Waals surface area contributed by atoms with Crippen LogP contribution < -0.4 is 19.5 Å². The van der Waals surface area contributed by atoms with Gasteiger partial charge in [0, 0.05) is 29.3 Å². The third-order valence-corrected chi connectivity index (χ3v) is 5.25. The fraction of sp³-hybridized carbons (Fsp3) is 0.400. The van der Waals surface area contributed by atoms with Gasteiger partial charge in [0.25, 0.3) is 0 Å². The highest BCUT2D eigenvalue weighted by atomic mass is 16.5. The summed E-state index contributed by atoms with van der Waals surface area (Å²) in [6.45, 7) is 1.88. The Bertz CT molecular complexity index is 944. The molecule has 2 heterocycles. The van der Waals surface area contributed by atoms with Crippen molar-refractivity contribution in [2.45, 2.75) is 32.1 Å². The van der Waals surface area contributed by atoms with Crippen LogP contribution in [0.25, 0.3) is 0 Å². The van der Waals surface area contributed by atoms with Crippen LogP contribution in [0.4, 0.5) is 5.88 Å². The number of nitrogens with zero attached hydrogens (tertiary/aromatic N) is 1. The van der Waals surface area contributed by atoms with Crippen molar-refractivity contribution >= 4 is 11.7 Å². The number of carbonyl (C=O) groups excluding carboxylic acids is 1. The standard InChI is InChI=1S/C20H22N2O5/c1-10-17-18(11-8-15(25-3)16(26-4)9-14(11)24-2)19-12(6-5-7-13(19)23)21-20(17)27-22-10/h8-9,18,21H,5-7H2,1-4H3. The van der Waals surface area contributed by atoms with Gasteiger partial charge in [0.05, 0.1) is 38.5 Å². The van der Waals surface area contributed by atoms with Crippen LogP contribution in [0.5, 0.6) is 17.2 Å². The van der Waals surface area contributed by atoms with E-state index in [1.807, 2.05) is 13.0 Å². The zero-order chi connectivity index (χ0) is 19.1. The van der Waals surface area contributed by atoms with Crippen molar-refractivity contribution in [3.63, 3.8) is 0 Å². The number of allylic oxidation sites excluding steroid dienone is 2. The maximum absolute atomic E-state index is 12.9. The zero-order valence-corrected chi connectivity index (χ0v) is 15.8. The number of nitrogens with one attached hydrogen (secondary N) is 1. The van der Waals surface area contributed by atoms with E-state index < -0.39 is 0 Å². The van der Waals surface area contributed by atoms with Crippen molar-refractivity contribution in [3.05, 3.63) is 40.2 Å². The van der Waals surface area contributed by atoms with Gasteiger partial charge in [0.15, 0.2) is 17.3 Å². The van der Waals surface area contributed by atoms with Crippen LogP contribution in [-0.2, 0) is 4.79 Å². The number of fused-ring (bicyclic) bond motifs is 1. The Morgan fingerprint density at radius 2 is 1.78 bits per heavy atom. The van der Waals surface area contributed by atoms with E-state index in [4.69, 9.17) is 18.7 Å². The van der Waals surface area contributed by atoms with Crippen molar-refractivity contribution in [1.82, 2.24) is 5.16 Å². The molecule has 142 valence electrons. The highest BCUT2D eigenvalue weighted by Gasteiger charge is 2.40. The first-order valence-corrected chi connectivity index (χ1v) is 8.88. The van der Waals surface area contributed by atoms with E-state index in [9.17, 15) is 4.79 Å². The van der Waals surface area contributed by atoms with Gasteiger partial charge in [-0.15, -0.1) is 0 Å². The van der Waals surface area contributed by atoms with Gasteiger partial charge in [-0.3, -0.25) is 4.79 Å². The van der Waals surface area contributed by atoms with Gasteiger partial charge in [-0.1, -0.05) is 5.16 Å². The maximum Gasteiger partial charge on any atom is 0.233 e. The van der Waals surface area contributed by atoms with Crippen LogP contribution in [0.3, 0.4) is 0 Å². The molecule has 7 heteroatoms. The smallest absolute Gasteiger partial charge is 0.233 e. The summed E-state index contributed by atoms with van der Waals surface area (Å²) < 4.78 is 22.0. The van der Waals surface area contributed by atoms with Crippen LogP contribution in [-0.4, -0.2) is 32.3 Å². The first kappa shape index (κ1) is 17.5. The molecule has 2 aliphatic rings. The molecule has 1 aliphatic carbocycles. The number of ether oxygens (including phenoxy) is 3. The number of aromatic nitrogens is 1. The summed E-state index contributed by atoms with van der Waals surface area (Å²) in [4.78, 5) is 12.9. The second-order valence-corrected chi connectivity index (χ2v) is 6.69. The molecule has 0 saturated heterocycles. The maximum atomic E-state index is 12.9. The normalized spacial score (nSPS) is 18.5. The van der Waals surface area contributed by atoms with Gasteiger partial charge in [0.2, 0.25) is 5.88 Å². The van der Waals surface area contributed by atoms with Crippen LogP contribution in [0.2, 0.25) is 0 Å². The van der Waals surface area contributed by atoms with E-state index in [-0.39, 0.29) is 11.7 Å². The molecule has 1 aromatic heterocycles. The summed E-state index contributed by atoms with van der Waals surface area (Å²) in [6, 6.07) is 3.66. The first-order valence-electron chi connectivity index (χ1n) is 8.88. The number of hydrogen-bond acceptors (Lipinski definition) is 7. The lowest BCUT2D eigenvalue weighted by Crippen LogP contribution is -2.27. The summed E-state index contributed by atoms with van der Waals surface area (Å²) in [5.41, 5.74) is 4.08. The average Bonchev–Trinajstić information content (AvgIpc) is 3.06. The van der Waals surface area contributed by atoms with Gasteiger partial charge in [-0.05, 0) is 25.8 Å². The molecule has 1 aliphatic heterocycles. The molecular weight excluding hydrogens is 348 g/mol. The average molecular weight is 370 g/mol. The lowest BCUT2D eigenvalue weighted by atomic mass is 9.76. The SMILES string of the molecule is COc1cc(OC)c(C2C3=C(CCCC3=O)Nc3onc(C)c32)cc1OC. The largest absolute Gasteiger partial charge is 0.496 e. The molecular formula is C20H22N2O5. The molecule has 1 atom stereocenters. The lowest BCUT2D eigenvalue weighted by molar-refractivity contribution is -0.116. The number of rotatable bonds is 4. The fourth-order valence-corrected chi connectivity index (χ4v) is 4.01. The van der Waals surface area contributed by atoms with Crippen molar-refractivity contribution in [2.24, 2.45) is 0 Å². The Labute approximate surface area is 157 Å². The number of methoxy groups -OCH3 is 3. The van der Waals surface area contributed by atoms with Gasteiger partial charge in [-0.2, -0.15) is 0 Å². The van der Waals surface area contributed by atoms with E-state index in [1.54, 1.807) is 27.4 Å². The van der Waals surface area contributed by atoms with Gasteiger partial charge >= 0.3 is 0 Å². The third-order valence-electron chi connectivity index (χ3n) is 5.25.